The van der Waals surface area contributed by atoms with Gasteiger partial charge in [0.2, 0.25) is 0 Å². The number of carbonyl (C=O) groups excluding carboxylic acids is 1. The minimum atomic E-state index is -0.478. The van der Waals surface area contributed by atoms with Crippen molar-refractivity contribution in [1.29, 1.82) is 0 Å². The van der Waals surface area contributed by atoms with E-state index in [0.29, 0.717) is 17.3 Å². The van der Waals surface area contributed by atoms with Crippen molar-refractivity contribution in [1.82, 2.24) is 4.31 Å². The van der Waals surface area contributed by atoms with Crippen molar-refractivity contribution >= 4 is 35.3 Å². The van der Waals surface area contributed by atoms with Crippen molar-refractivity contribution in [2.24, 2.45) is 5.73 Å². The lowest BCUT2D eigenvalue weighted by atomic mass is 10.1. The monoisotopic (exact) mass is 349 g/mol. The number of para-hydroxylation sites is 1. The zero-order chi connectivity index (χ0) is 16.4. The number of primary amides is 1. The maximum Gasteiger partial charge on any atom is 0.324 e. The highest BCUT2D eigenvalue weighted by Crippen LogP contribution is 2.41. The van der Waals surface area contributed by atoms with Crippen LogP contribution in [-0.2, 0) is 0 Å². The van der Waals surface area contributed by atoms with Crippen LogP contribution in [0.3, 0.4) is 0 Å². The van der Waals surface area contributed by atoms with E-state index in [1.54, 1.807) is 6.07 Å². The van der Waals surface area contributed by atoms with Gasteiger partial charge in [0.05, 0.1) is 18.3 Å². The number of amides is 2. The van der Waals surface area contributed by atoms with Crippen LogP contribution in [-0.4, -0.2) is 23.1 Å². The average Bonchev–Trinajstić information content (AvgIpc) is 2.68. The van der Waals surface area contributed by atoms with Gasteiger partial charge in [0.1, 0.15) is 5.75 Å². The molecule has 1 aliphatic rings. The summed E-state index contributed by atoms with van der Waals surface area (Å²) in [5.74, 6) is 1.44. The molecule has 0 saturated heterocycles. The molecule has 1 unspecified atom stereocenters. The third kappa shape index (κ3) is 3.33. The molecule has 1 atom stereocenters. The molecular formula is C16H16ClN3O2S. The van der Waals surface area contributed by atoms with Crippen LogP contribution in [0.2, 0.25) is 5.02 Å². The van der Waals surface area contributed by atoms with E-state index < -0.39 is 6.03 Å². The van der Waals surface area contributed by atoms with E-state index in [0.717, 1.165) is 17.0 Å². The van der Waals surface area contributed by atoms with E-state index in [-0.39, 0.29) is 6.04 Å². The summed E-state index contributed by atoms with van der Waals surface area (Å²) in [5, 5.41) is 4.02. The van der Waals surface area contributed by atoms with E-state index in [2.05, 4.69) is 5.32 Å². The van der Waals surface area contributed by atoms with Gasteiger partial charge in [0.15, 0.2) is 5.75 Å². The second kappa shape index (κ2) is 6.60. The number of urea groups is 1. The van der Waals surface area contributed by atoms with Crippen LogP contribution >= 0.6 is 23.5 Å². The predicted octanol–water partition coefficient (Wildman–Crippen LogP) is 4.26. The summed E-state index contributed by atoms with van der Waals surface area (Å²) in [4.78, 5) is 11.5. The van der Waals surface area contributed by atoms with Gasteiger partial charge in [-0.15, -0.1) is 0 Å². The van der Waals surface area contributed by atoms with Crippen molar-refractivity contribution in [2.75, 3.05) is 18.1 Å². The smallest absolute Gasteiger partial charge is 0.324 e. The number of ether oxygens (including phenoxy) is 1. The standard InChI is InChI=1S/C16H16ClN3O2S/c1-23-20(16(18)21)9-13-11-4-2-3-5-14(11)22-15-7-6-10(17)8-12(15)19-13/h2-8,13,19H,9H2,1H3,(H2,18,21). The molecule has 2 aromatic rings. The Hall–Kier alpha value is -2.05. The van der Waals surface area contributed by atoms with E-state index in [4.69, 9.17) is 22.1 Å². The molecule has 1 aliphatic heterocycles. The van der Waals surface area contributed by atoms with Crippen LogP contribution in [0.5, 0.6) is 11.5 Å². The molecular weight excluding hydrogens is 334 g/mol. The lowest BCUT2D eigenvalue weighted by Gasteiger charge is -2.25. The molecule has 0 radical (unpaired) electrons. The molecule has 2 amide bonds. The Balaban J connectivity index is 2.01. The summed E-state index contributed by atoms with van der Waals surface area (Å²) in [5.41, 5.74) is 7.17. The zero-order valence-corrected chi connectivity index (χ0v) is 14.0. The first kappa shape index (κ1) is 15.8. The molecule has 2 aromatic carbocycles. The number of halogens is 1. The highest BCUT2D eigenvalue weighted by molar-refractivity contribution is 7.96. The number of nitrogens with zero attached hydrogens (tertiary/aromatic N) is 1. The lowest BCUT2D eigenvalue weighted by molar-refractivity contribution is 0.234. The molecule has 3 rings (SSSR count). The first-order chi connectivity index (χ1) is 11.1. The fourth-order valence-electron chi connectivity index (χ4n) is 2.51. The highest BCUT2D eigenvalue weighted by atomic mass is 35.5. The number of benzene rings is 2. The Kier molecular flexibility index (Phi) is 4.54. The first-order valence-corrected chi connectivity index (χ1v) is 8.58. The predicted molar refractivity (Wildman–Crippen MR) is 94.1 cm³/mol. The summed E-state index contributed by atoms with van der Waals surface area (Å²) < 4.78 is 7.50. The topological polar surface area (TPSA) is 67.6 Å². The largest absolute Gasteiger partial charge is 0.455 e. The van der Waals surface area contributed by atoms with Crippen LogP contribution in [0.25, 0.3) is 0 Å². The van der Waals surface area contributed by atoms with Crippen molar-refractivity contribution in [3.63, 3.8) is 0 Å². The Morgan fingerprint density at radius 1 is 1.35 bits per heavy atom. The average molecular weight is 350 g/mol. The number of nitrogens with two attached hydrogens (primary N) is 1. The van der Waals surface area contributed by atoms with Gasteiger partial charge < -0.3 is 15.8 Å². The number of anilines is 1. The van der Waals surface area contributed by atoms with Gasteiger partial charge in [-0.05, 0) is 36.2 Å². The van der Waals surface area contributed by atoms with Crippen LogP contribution in [0, 0.1) is 0 Å². The minimum absolute atomic E-state index is 0.161. The van der Waals surface area contributed by atoms with Gasteiger partial charge in [-0.2, -0.15) is 0 Å². The van der Waals surface area contributed by atoms with Gasteiger partial charge in [-0.3, -0.25) is 4.31 Å². The number of fused-ring (bicyclic) bond motifs is 2. The lowest BCUT2D eigenvalue weighted by Crippen LogP contribution is -2.35. The van der Waals surface area contributed by atoms with Crippen molar-refractivity contribution in [3.05, 3.63) is 53.1 Å². The van der Waals surface area contributed by atoms with E-state index in [1.165, 1.54) is 16.3 Å². The van der Waals surface area contributed by atoms with E-state index >= 15 is 0 Å². The second-order valence-corrected chi connectivity index (χ2v) is 6.30. The SMILES string of the molecule is CSN(CC1Nc2cc(Cl)ccc2Oc2ccccc21)C(N)=O. The molecule has 23 heavy (non-hydrogen) atoms. The normalized spacial score (nSPS) is 15.5. The summed E-state index contributed by atoms with van der Waals surface area (Å²) in [7, 11) is 0. The third-order valence-electron chi connectivity index (χ3n) is 3.60. The molecule has 7 heteroatoms. The number of hydrogen-bond acceptors (Lipinski definition) is 4. The van der Waals surface area contributed by atoms with Crippen LogP contribution in [0.4, 0.5) is 10.5 Å². The van der Waals surface area contributed by atoms with Crippen LogP contribution in [0.1, 0.15) is 11.6 Å². The fraction of sp³-hybridized carbons (Fsp3) is 0.188. The molecule has 0 aromatic heterocycles. The molecule has 0 saturated carbocycles. The van der Waals surface area contributed by atoms with Crippen LogP contribution < -0.4 is 15.8 Å². The van der Waals surface area contributed by atoms with Gasteiger partial charge in [-0.1, -0.05) is 29.8 Å². The Bertz CT molecular complexity index is 741. The zero-order valence-electron chi connectivity index (χ0n) is 12.5. The number of nitrogens with one attached hydrogen (secondary N) is 1. The van der Waals surface area contributed by atoms with E-state index in [1.807, 2.05) is 42.7 Å². The molecule has 0 bridgehead atoms. The number of rotatable bonds is 3. The molecule has 120 valence electrons. The quantitative estimate of drug-likeness (QED) is 0.812. The van der Waals surface area contributed by atoms with Gasteiger partial charge in [0, 0.05) is 16.8 Å². The minimum Gasteiger partial charge on any atom is -0.455 e. The third-order valence-corrected chi connectivity index (χ3v) is 4.61. The molecule has 0 aliphatic carbocycles. The van der Waals surface area contributed by atoms with Crippen molar-refractivity contribution in [2.45, 2.75) is 6.04 Å². The molecule has 1 heterocycles. The molecule has 0 spiro atoms. The molecule has 5 nitrogen and oxygen atoms in total. The second-order valence-electron chi connectivity index (χ2n) is 5.06. The van der Waals surface area contributed by atoms with Gasteiger partial charge in [-0.25, -0.2) is 4.79 Å². The van der Waals surface area contributed by atoms with Gasteiger partial charge in [0.25, 0.3) is 0 Å². The summed E-state index contributed by atoms with van der Waals surface area (Å²) in [6.07, 6.45) is 1.81. The Morgan fingerprint density at radius 2 is 2.13 bits per heavy atom. The number of hydrogen-bond donors (Lipinski definition) is 2. The summed E-state index contributed by atoms with van der Waals surface area (Å²) in [6.45, 7) is 0.406. The first-order valence-electron chi connectivity index (χ1n) is 7.02. The highest BCUT2D eigenvalue weighted by Gasteiger charge is 2.25. The maximum atomic E-state index is 11.5. The van der Waals surface area contributed by atoms with Crippen LogP contribution in [0.15, 0.2) is 42.5 Å². The molecule has 0 fully saturated rings. The molecule has 3 N–H and O–H groups in total. The Morgan fingerprint density at radius 3 is 2.87 bits per heavy atom. The maximum absolute atomic E-state index is 11.5. The Labute approximate surface area is 143 Å². The van der Waals surface area contributed by atoms with Crippen molar-refractivity contribution < 1.29 is 9.53 Å². The fourth-order valence-corrected chi connectivity index (χ4v) is 3.16. The number of carbonyl (C=O) groups is 1. The summed E-state index contributed by atoms with van der Waals surface area (Å²) >= 11 is 7.38. The summed E-state index contributed by atoms with van der Waals surface area (Å²) in [6, 6.07) is 12.5. The van der Waals surface area contributed by atoms with Gasteiger partial charge >= 0.3 is 6.03 Å². The van der Waals surface area contributed by atoms with E-state index in [9.17, 15) is 4.79 Å². The van der Waals surface area contributed by atoms with Crippen molar-refractivity contribution in [3.8, 4) is 11.5 Å².